The van der Waals surface area contributed by atoms with Gasteiger partial charge in [0, 0.05) is 36.7 Å². The molecule has 1 unspecified atom stereocenters. The van der Waals surface area contributed by atoms with Crippen molar-refractivity contribution in [2.24, 2.45) is 0 Å². The number of amides is 1. The van der Waals surface area contributed by atoms with Crippen molar-refractivity contribution in [1.29, 1.82) is 0 Å². The average Bonchev–Trinajstić information content (AvgIpc) is 3.22. The predicted molar refractivity (Wildman–Crippen MR) is 163 cm³/mol. The van der Waals surface area contributed by atoms with Gasteiger partial charge in [0.1, 0.15) is 11.6 Å². The molecule has 0 aliphatic carbocycles. The molecule has 8 heteroatoms. The number of nitrogens with one attached hydrogen (secondary N) is 1. The van der Waals surface area contributed by atoms with Gasteiger partial charge in [0.2, 0.25) is 0 Å². The Morgan fingerprint density at radius 1 is 0.821 bits per heavy atom. The number of carbonyl (C=O) groups is 2. The normalized spacial score (nSPS) is 14.7. The van der Waals surface area contributed by atoms with E-state index in [9.17, 15) is 9.59 Å². The number of nitrogens with zero attached hydrogens (tertiary/aromatic N) is 1. The zero-order valence-electron chi connectivity index (χ0n) is 22.9. The van der Waals surface area contributed by atoms with Crippen LogP contribution in [0.15, 0.2) is 72.8 Å². The first-order valence-electron chi connectivity index (χ1n) is 13.1. The number of esters is 1. The Balaban J connectivity index is 1.39. The number of alkyl carbamates (subject to hydrolysis) is 1. The van der Waals surface area contributed by atoms with Crippen LogP contribution in [0.5, 0.6) is 0 Å². The zero-order valence-corrected chi connectivity index (χ0v) is 24.6. The predicted octanol–water partition coefficient (Wildman–Crippen LogP) is 6.83. The lowest BCUT2D eigenvalue weighted by Crippen LogP contribution is -2.45. The number of carbonyl (C=O) groups excluding carboxylic acids is 2. The largest absolute Gasteiger partial charge is 0.467 e. The van der Waals surface area contributed by atoms with Gasteiger partial charge in [-0.1, -0.05) is 82.3 Å². The summed E-state index contributed by atoms with van der Waals surface area (Å²) in [4.78, 5) is 26.9. The highest BCUT2D eigenvalue weighted by Crippen LogP contribution is 2.29. The lowest BCUT2D eigenvalue weighted by molar-refractivity contribution is -0.143. The highest BCUT2D eigenvalue weighted by Gasteiger charge is 2.25. The van der Waals surface area contributed by atoms with E-state index in [1.807, 2.05) is 45.9 Å². The molecule has 1 atom stereocenters. The number of rotatable bonds is 7. The van der Waals surface area contributed by atoms with Crippen molar-refractivity contribution in [2.75, 3.05) is 36.6 Å². The minimum absolute atomic E-state index is 0.302. The van der Waals surface area contributed by atoms with Crippen LogP contribution in [0.1, 0.15) is 26.3 Å². The summed E-state index contributed by atoms with van der Waals surface area (Å²) in [6.45, 7) is 7.51. The minimum Gasteiger partial charge on any atom is -0.467 e. The van der Waals surface area contributed by atoms with Crippen LogP contribution in [0.4, 0.5) is 10.5 Å². The van der Waals surface area contributed by atoms with Crippen molar-refractivity contribution >= 4 is 39.3 Å². The third-order valence-electron chi connectivity index (χ3n) is 6.33. The summed E-state index contributed by atoms with van der Waals surface area (Å²) in [7, 11) is 5.23. The van der Waals surface area contributed by atoms with Crippen LogP contribution in [-0.4, -0.2) is 55.4 Å². The van der Waals surface area contributed by atoms with Crippen molar-refractivity contribution in [3.8, 4) is 22.3 Å². The van der Waals surface area contributed by atoms with Gasteiger partial charge in [0.25, 0.3) is 0 Å². The molecule has 1 aliphatic heterocycles. The van der Waals surface area contributed by atoms with Crippen LogP contribution >= 0.6 is 21.6 Å². The fraction of sp³-hybridized carbons (Fsp3) is 0.355. The van der Waals surface area contributed by atoms with E-state index in [4.69, 9.17) is 9.47 Å². The first-order chi connectivity index (χ1) is 18.7. The van der Waals surface area contributed by atoms with E-state index >= 15 is 0 Å². The molecule has 1 amide bonds. The lowest BCUT2D eigenvalue weighted by Gasteiger charge is -2.22. The van der Waals surface area contributed by atoms with Crippen LogP contribution < -0.4 is 10.2 Å². The number of anilines is 1. The highest BCUT2D eigenvalue weighted by atomic mass is 33.1. The SMILES string of the molecule is COC(=O)C(Cc1ccc(-c2ccc(-c3ccc(N4CCSSCC4)cc3)cc2)cc1)NC(=O)OC(C)(C)C. The van der Waals surface area contributed by atoms with Gasteiger partial charge in [-0.3, -0.25) is 0 Å². The van der Waals surface area contributed by atoms with Crippen LogP contribution in [0.2, 0.25) is 0 Å². The quantitative estimate of drug-likeness (QED) is 0.249. The van der Waals surface area contributed by atoms with E-state index in [0.29, 0.717) is 6.42 Å². The van der Waals surface area contributed by atoms with Gasteiger partial charge >= 0.3 is 12.1 Å². The molecule has 206 valence electrons. The molecule has 4 rings (SSSR count). The molecule has 1 N–H and O–H groups in total. The standard InChI is InChI=1S/C31H36N2O4S2/c1-31(2,3)37-30(35)32-28(29(34)36-4)21-22-5-7-23(8-6-22)24-9-11-25(12-10-24)26-13-15-27(16-14-26)33-17-19-38-39-20-18-33/h5-16,28H,17-21H2,1-4H3,(H,32,35). The third-order valence-corrected chi connectivity index (χ3v) is 8.69. The second-order valence-corrected chi connectivity index (χ2v) is 13.1. The monoisotopic (exact) mass is 564 g/mol. The van der Waals surface area contributed by atoms with Crippen molar-refractivity contribution in [3.63, 3.8) is 0 Å². The van der Waals surface area contributed by atoms with Crippen molar-refractivity contribution < 1.29 is 19.1 Å². The molecular weight excluding hydrogens is 528 g/mol. The molecule has 0 aromatic heterocycles. The van der Waals surface area contributed by atoms with Gasteiger partial charge < -0.3 is 19.7 Å². The maximum absolute atomic E-state index is 12.3. The molecule has 39 heavy (non-hydrogen) atoms. The molecule has 1 saturated heterocycles. The summed E-state index contributed by atoms with van der Waals surface area (Å²) in [5.41, 5.74) is 6.10. The molecular formula is C31H36N2O4S2. The molecule has 1 aliphatic rings. The smallest absolute Gasteiger partial charge is 0.408 e. The Bertz CT molecular complexity index is 1230. The second kappa shape index (κ2) is 13.3. The van der Waals surface area contributed by atoms with E-state index in [0.717, 1.165) is 41.3 Å². The minimum atomic E-state index is -0.835. The van der Waals surface area contributed by atoms with Crippen molar-refractivity contribution in [2.45, 2.75) is 38.8 Å². The maximum Gasteiger partial charge on any atom is 0.408 e. The van der Waals surface area contributed by atoms with Gasteiger partial charge in [-0.2, -0.15) is 0 Å². The number of hydrogen-bond donors (Lipinski definition) is 1. The zero-order chi connectivity index (χ0) is 27.8. The summed E-state index contributed by atoms with van der Waals surface area (Å²) in [5, 5.41) is 2.63. The summed E-state index contributed by atoms with van der Waals surface area (Å²) < 4.78 is 10.2. The lowest BCUT2D eigenvalue weighted by atomic mass is 9.98. The molecule has 1 heterocycles. The first kappa shape index (κ1) is 28.9. The molecule has 0 bridgehead atoms. The summed E-state index contributed by atoms with van der Waals surface area (Å²) >= 11 is 0. The van der Waals surface area contributed by atoms with E-state index in [-0.39, 0.29) is 0 Å². The molecule has 0 radical (unpaired) electrons. The summed E-state index contributed by atoms with van der Waals surface area (Å²) in [6, 6.07) is 24.6. The van der Waals surface area contributed by atoms with Gasteiger partial charge in [-0.15, -0.1) is 0 Å². The molecule has 3 aromatic rings. The number of benzene rings is 3. The maximum atomic E-state index is 12.3. The van der Waals surface area contributed by atoms with E-state index in [2.05, 4.69) is 58.7 Å². The molecule has 0 spiro atoms. The van der Waals surface area contributed by atoms with Gasteiger partial charge in [-0.25, -0.2) is 9.59 Å². The van der Waals surface area contributed by atoms with Crippen LogP contribution in [0.3, 0.4) is 0 Å². The Hall–Kier alpha value is -3.10. The molecule has 6 nitrogen and oxygen atoms in total. The van der Waals surface area contributed by atoms with Crippen LogP contribution in [-0.2, 0) is 20.7 Å². The summed E-state index contributed by atoms with van der Waals surface area (Å²) in [5.74, 6) is 1.80. The van der Waals surface area contributed by atoms with Crippen LogP contribution in [0.25, 0.3) is 22.3 Å². The number of hydrogen-bond acceptors (Lipinski definition) is 7. The molecule has 0 saturated carbocycles. The van der Waals surface area contributed by atoms with Gasteiger partial charge in [-0.05, 0) is 60.7 Å². The van der Waals surface area contributed by atoms with E-state index in [1.54, 1.807) is 20.8 Å². The Morgan fingerprint density at radius 3 is 1.74 bits per heavy atom. The van der Waals surface area contributed by atoms with E-state index in [1.165, 1.54) is 23.9 Å². The number of methoxy groups -OCH3 is 1. The molecule has 3 aromatic carbocycles. The average molecular weight is 565 g/mol. The molecule has 1 fully saturated rings. The highest BCUT2D eigenvalue weighted by molar-refractivity contribution is 8.76. The second-order valence-electron chi connectivity index (χ2n) is 10.4. The van der Waals surface area contributed by atoms with E-state index < -0.39 is 23.7 Å². The van der Waals surface area contributed by atoms with Crippen molar-refractivity contribution in [3.05, 3.63) is 78.4 Å². The van der Waals surface area contributed by atoms with Gasteiger partial charge in [0.05, 0.1) is 7.11 Å². The van der Waals surface area contributed by atoms with Gasteiger partial charge in [0.15, 0.2) is 0 Å². The fourth-order valence-electron chi connectivity index (χ4n) is 4.36. The topological polar surface area (TPSA) is 67.9 Å². The Labute approximate surface area is 239 Å². The Morgan fingerprint density at radius 2 is 1.28 bits per heavy atom. The summed E-state index contributed by atoms with van der Waals surface area (Å²) in [6.07, 6.45) is -0.347. The number of ether oxygens (including phenoxy) is 2. The third kappa shape index (κ3) is 8.44. The first-order valence-corrected chi connectivity index (χ1v) is 15.6. The fourth-order valence-corrected chi connectivity index (χ4v) is 6.34. The Kier molecular flexibility index (Phi) is 9.86. The van der Waals surface area contributed by atoms with Crippen molar-refractivity contribution in [1.82, 2.24) is 5.32 Å². The van der Waals surface area contributed by atoms with Crippen LogP contribution in [0, 0.1) is 0 Å².